The Morgan fingerprint density at radius 2 is 1.66 bits per heavy atom. The van der Waals surface area contributed by atoms with Crippen molar-refractivity contribution in [2.75, 3.05) is 41.3 Å². The zero-order chi connectivity index (χ0) is 20.2. The number of nitrogens with one attached hydrogen (secondary N) is 1. The summed E-state index contributed by atoms with van der Waals surface area (Å²) < 4.78 is 0. The highest BCUT2D eigenvalue weighted by Gasteiger charge is 2.20. The third-order valence-corrected chi connectivity index (χ3v) is 5.46. The summed E-state index contributed by atoms with van der Waals surface area (Å²) in [6, 6.07) is 17.9. The number of hydrogen-bond donors (Lipinski definition) is 1. The first-order valence-electron chi connectivity index (χ1n) is 9.79. The van der Waals surface area contributed by atoms with E-state index in [4.69, 9.17) is 5.26 Å². The lowest BCUT2D eigenvalue weighted by Gasteiger charge is -2.37. The molecule has 1 aliphatic heterocycles. The largest absolute Gasteiger partial charge is 0.368 e. The third kappa shape index (κ3) is 4.14. The van der Waals surface area contributed by atoms with E-state index in [2.05, 4.69) is 63.2 Å². The third-order valence-electron chi connectivity index (χ3n) is 5.46. The quantitative estimate of drug-likeness (QED) is 0.732. The summed E-state index contributed by atoms with van der Waals surface area (Å²) in [5.41, 5.74) is 5.56. The van der Waals surface area contributed by atoms with Gasteiger partial charge in [-0.25, -0.2) is 9.97 Å². The Hall–Kier alpha value is -3.59. The van der Waals surface area contributed by atoms with Gasteiger partial charge in [0.05, 0.1) is 11.6 Å². The van der Waals surface area contributed by atoms with E-state index in [0.29, 0.717) is 5.56 Å². The number of rotatable bonds is 4. The number of anilines is 4. The summed E-state index contributed by atoms with van der Waals surface area (Å²) in [6.07, 6.45) is 1.60. The van der Waals surface area contributed by atoms with Gasteiger partial charge in [-0.15, -0.1) is 0 Å². The van der Waals surface area contributed by atoms with Crippen LogP contribution in [-0.2, 0) is 0 Å². The minimum absolute atomic E-state index is 0.639. The first-order valence-corrected chi connectivity index (χ1v) is 9.79. The highest BCUT2D eigenvalue weighted by atomic mass is 15.3. The van der Waals surface area contributed by atoms with Crippen LogP contribution in [0, 0.1) is 25.2 Å². The molecule has 1 N–H and O–H groups in total. The Kier molecular flexibility index (Phi) is 5.30. The van der Waals surface area contributed by atoms with Crippen LogP contribution >= 0.6 is 0 Å². The van der Waals surface area contributed by atoms with Crippen LogP contribution in [0.3, 0.4) is 0 Å². The average Bonchev–Trinajstić information content (AvgIpc) is 2.77. The molecule has 0 saturated carbocycles. The molecule has 0 radical (unpaired) electrons. The minimum atomic E-state index is 0.639. The van der Waals surface area contributed by atoms with E-state index < -0.39 is 0 Å². The molecule has 0 spiro atoms. The van der Waals surface area contributed by atoms with Crippen molar-refractivity contribution in [3.63, 3.8) is 0 Å². The SMILES string of the molecule is Cc1cccc(N2CCN(c3cc(Nc4ccc(C#N)cc4)ncn3)CC2)c1C. The van der Waals surface area contributed by atoms with Crippen molar-refractivity contribution < 1.29 is 0 Å². The second kappa shape index (κ2) is 8.19. The maximum atomic E-state index is 8.92. The molecule has 2 aromatic carbocycles. The molecule has 0 aliphatic carbocycles. The molecule has 1 aromatic heterocycles. The molecule has 0 atom stereocenters. The first-order chi connectivity index (χ1) is 14.1. The molecule has 1 saturated heterocycles. The minimum Gasteiger partial charge on any atom is -0.368 e. The fourth-order valence-electron chi connectivity index (χ4n) is 3.62. The monoisotopic (exact) mass is 384 g/mol. The lowest BCUT2D eigenvalue weighted by Crippen LogP contribution is -2.47. The number of nitriles is 1. The predicted molar refractivity (Wildman–Crippen MR) is 117 cm³/mol. The van der Waals surface area contributed by atoms with Gasteiger partial charge >= 0.3 is 0 Å². The smallest absolute Gasteiger partial charge is 0.135 e. The number of aromatic nitrogens is 2. The molecule has 2 heterocycles. The maximum Gasteiger partial charge on any atom is 0.135 e. The molecule has 146 valence electrons. The molecule has 6 heteroatoms. The Balaban J connectivity index is 1.43. The van der Waals surface area contributed by atoms with Gasteiger partial charge in [0.15, 0.2) is 0 Å². The van der Waals surface area contributed by atoms with E-state index in [-0.39, 0.29) is 0 Å². The van der Waals surface area contributed by atoms with E-state index in [1.807, 2.05) is 18.2 Å². The first kappa shape index (κ1) is 18.8. The summed E-state index contributed by atoms with van der Waals surface area (Å²) in [5, 5.41) is 12.2. The molecule has 6 nitrogen and oxygen atoms in total. The molecule has 1 aliphatic rings. The van der Waals surface area contributed by atoms with Crippen molar-refractivity contribution in [2.24, 2.45) is 0 Å². The maximum absolute atomic E-state index is 8.92. The van der Waals surface area contributed by atoms with Crippen molar-refractivity contribution >= 4 is 23.0 Å². The molecular formula is C23H24N6. The Labute approximate surface area is 171 Å². The van der Waals surface area contributed by atoms with Crippen LogP contribution in [0.15, 0.2) is 54.9 Å². The summed E-state index contributed by atoms with van der Waals surface area (Å²) >= 11 is 0. The number of nitrogens with zero attached hydrogens (tertiary/aromatic N) is 5. The normalized spacial score (nSPS) is 13.8. The number of piperazine rings is 1. The highest BCUT2D eigenvalue weighted by Crippen LogP contribution is 2.25. The van der Waals surface area contributed by atoms with E-state index in [1.165, 1.54) is 16.8 Å². The van der Waals surface area contributed by atoms with Crippen LogP contribution in [0.2, 0.25) is 0 Å². The van der Waals surface area contributed by atoms with Gasteiger partial charge in [-0.05, 0) is 55.3 Å². The molecule has 4 rings (SSSR count). The van der Waals surface area contributed by atoms with Gasteiger partial charge in [0.2, 0.25) is 0 Å². The zero-order valence-electron chi connectivity index (χ0n) is 16.8. The van der Waals surface area contributed by atoms with Crippen LogP contribution in [0.25, 0.3) is 0 Å². The number of hydrogen-bond acceptors (Lipinski definition) is 6. The van der Waals surface area contributed by atoms with Gasteiger partial charge < -0.3 is 15.1 Å². The fourth-order valence-corrected chi connectivity index (χ4v) is 3.62. The lowest BCUT2D eigenvalue weighted by atomic mass is 10.1. The van der Waals surface area contributed by atoms with Crippen molar-refractivity contribution in [1.29, 1.82) is 5.26 Å². The topological polar surface area (TPSA) is 68.1 Å². The van der Waals surface area contributed by atoms with Crippen LogP contribution in [0.1, 0.15) is 16.7 Å². The molecule has 29 heavy (non-hydrogen) atoms. The Morgan fingerprint density at radius 1 is 0.931 bits per heavy atom. The molecule has 3 aromatic rings. The van der Waals surface area contributed by atoms with Crippen molar-refractivity contribution in [3.05, 3.63) is 71.5 Å². The van der Waals surface area contributed by atoms with Gasteiger partial charge in [0.25, 0.3) is 0 Å². The van der Waals surface area contributed by atoms with Crippen molar-refractivity contribution in [2.45, 2.75) is 13.8 Å². The molecule has 1 fully saturated rings. The van der Waals surface area contributed by atoms with Crippen LogP contribution in [-0.4, -0.2) is 36.1 Å². The van der Waals surface area contributed by atoms with E-state index in [0.717, 1.165) is 43.5 Å². The molecule has 0 bridgehead atoms. The van der Waals surface area contributed by atoms with E-state index >= 15 is 0 Å². The standard InChI is InChI=1S/C23H24N6/c1-17-4-3-5-21(18(17)2)28-10-12-29(13-11-28)23-14-22(25-16-26-23)27-20-8-6-19(15-24)7-9-20/h3-9,14,16H,10-13H2,1-2H3,(H,25,26,27). The Morgan fingerprint density at radius 3 is 2.38 bits per heavy atom. The molecular weight excluding hydrogens is 360 g/mol. The average molecular weight is 384 g/mol. The fraction of sp³-hybridized carbons (Fsp3) is 0.261. The van der Waals surface area contributed by atoms with Crippen LogP contribution < -0.4 is 15.1 Å². The van der Waals surface area contributed by atoms with Crippen LogP contribution in [0.5, 0.6) is 0 Å². The van der Waals surface area contributed by atoms with Crippen LogP contribution in [0.4, 0.5) is 23.0 Å². The summed E-state index contributed by atoms with van der Waals surface area (Å²) in [7, 11) is 0. The van der Waals surface area contributed by atoms with Gasteiger partial charge in [0, 0.05) is 43.6 Å². The number of benzene rings is 2. The van der Waals surface area contributed by atoms with Gasteiger partial charge in [-0.1, -0.05) is 12.1 Å². The molecule has 0 unspecified atom stereocenters. The second-order valence-corrected chi connectivity index (χ2v) is 7.27. The molecule has 0 amide bonds. The lowest BCUT2D eigenvalue weighted by molar-refractivity contribution is 0.645. The highest BCUT2D eigenvalue weighted by molar-refractivity contribution is 5.61. The van der Waals surface area contributed by atoms with E-state index in [9.17, 15) is 0 Å². The number of aryl methyl sites for hydroxylation is 1. The summed E-state index contributed by atoms with van der Waals surface area (Å²) in [5.74, 6) is 1.67. The van der Waals surface area contributed by atoms with Gasteiger partial charge in [0.1, 0.15) is 18.0 Å². The predicted octanol–water partition coefficient (Wildman–Crippen LogP) is 4.04. The van der Waals surface area contributed by atoms with Crippen molar-refractivity contribution in [3.8, 4) is 6.07 Å². The van der Waals surface area contributed by atoms with Gasteiger partial charge in [-0.2, -0.15) is 5.26 Å². The Bertz CT molecular complexity index is 1030. The van der Waals surface area contributed by atoms with Crippen molar-refractivity contribution in [1.82, 2.24) is 9.97 Å². The van der Waals surface area contributed by atoms with E-state index in [1.54, 1.807) is 18.5 Å². The second-order valence-electron chi connectivity index (χ2n) is 7.27. The van der Waals surface area contributed by atoms with Gasteiger partial charge in [-0.3, -0.25) is 0 Å². The zero-order valence-corrected chi connectivity index (χ0v) is 16.8. The summed E-state index contributed by atoms with van der Waals surface area (Å²) in [4.78, 5) is 13.6. The summed E-state index contributed by atoms with van der Waals surface area (Å²) in [6.45, 7) is 8.13.